The summed E-state index contributed by atoms with van der Waals surface area (Å²) in [4.78, 5) is 4.24. The molecule has 0 aliphatic rings. The third-order valence-electron chi connectivity index (χ3n) is 2.35. The summed E-state index contributed by atoms with van der Waals surface area (Å²) in [5, 5.41) is 1.26. The molecular formula is C11H11ClN2OS. The molecule has 0 fully saturated rings. The summed E-state index contributed by atoms with van der Waals surface area (Å²) >= 11 is 7.50. The van der Waals surface area contributed by atoms with Crippen LogP contribution in [0, 0.1) is 6.92 Å². The van der Waals surface area contributed by atoms with E-state index in [4.69, 9.17) is 22.1 Å². The van der Waals surface area contributed by atoms with E-state index >= 15 is 0 Å². The molecule has 0 aliphatic heterocycles. The first kappa shape index (κ1) is 11.2. The molecule has 0 aliphatic carbocycles. The molecule has 1 aromatic carbocycles. The maximum absolute atomic E-state index is 6.08. The maximum atomic E-state index is 6.08. The third kappa shape index (κ3) is 1.86. The molecule has 2 N–H and O–H groups in total. The van der Waals surface area contributed by atoms with Crippen LogP contribution in [-0.2, 0) is 0 Å². The van der Waals surface area contributed by atoms with Gasteiger partial charge in [0.2, 0.25) is 0 Å². The van der Waals surface area contributed by atoms with E-state index in [2.05, 4.69) is 4.98 Å². The van der Waals surface area contributed by atoms with Crippen molar-refractivity contribution in [2.75, 3.05) is 12.8 Å². The lowest BCUT2D eigenvalue weighted by Gasteiger charge is -2.09. The number of aryl methyl sites for hydroxylation is 1. The van der Waals surface area contributed by atoms with Crippen molar-refractivity contribution in [2.45, 2.75) is 6.92 Å². The summed E-state index contributed by atoms with van der Waals surface area (Å²) in [6, 6.07) is 3.72. The first-order valence-electron chi connectivity index (χ1n) is 4.67. The largest absolute Gasteiger partial charge is 0.495 e. The van der Waals surface area contributed by atoms with Crippen LogP contribution in [0.4, 0.5) is 5.00 Å². The number of rotatable bonds is 2. The lowest BCUT2D eigenvalue weighted by atomic mass is 10.1. The molecule has 5 heteroatoms. The Morgan fingerprint density at radius 3 is 2.75 bits per heavy atom. The predicted molar refractivity (Wildman–Crippen MR) is 68.3 cm³/mol. The number of hydrogen-bond acceptors (Lipinski definition) is 4. The fourth-order valence-corrected chi connectivity index (χ4v) is 2.31. The fraction of sp³-hybridized carbons (Fsp3) is 0.182. The minimum atomic E-state index is 0.565. The van der Waals surface area contributed by atoms with Gasteiger partial charge >= 0.3 is 0 Å². The van der Waals surface area contributed by atoms with Gasteiger partial charge in [-0.15, -0.1) is 11.3 Å². The molecule has 0 saturated carbocycles. The molecule has 0 amide bonds. The molecule has 84 valence electrons. The summed E-state index contributed by atoms with van der Waals surface area (Å²) in [5.74, 6) is 0.664. The molecule has 0 radical (unpaired) electrons. The Bertz CT molecular complexity index is 525. The average Bonchev–Trinajstić information content (AvgIpc) is 2.67. The van der Waals surface area contributed by atoms with E-state index in [9.17, 15) is 0 Å². The molecule has 16 heavy (non-hydrogen) atoms. The van der Waals surface area contributed by atoms with Crippen LogP contribution in [0.5, 0.6) is 5.75 Å². The normalized spacial score (nSPS) is 10.4. The van der Waals surface area contributed by atoms with E-state index < -0.39 is 0 Å². The number of thiazole rings is 1. The van der Waals surface area contributed by atoms with Gasteiger partial charge in [-0.1, -0.05) is 11.6 Å². The Balaban J connectivity index is 2.59. The lowest BCUT2D eigenvalue weighted by Crippen LogP contribution is -1.91. The smallest absolute Gasteiger partial charge is 0.137 e. The zero-order valence-corrected chi connectivity index (χ0v) is 10.5. The van der Waals surface area contributed by atoms with Gasteiger partial charge in [0.1, 0.15) is 16.4 Å². The van der Waals surface area contributed by atoms with E-state index in [-0.39, 0.29) is 0 Å². The molecule has 1 heterocycles. The van der Waals surface area contributed by atoms with Gasteiger partial charge in [-0.05, 0) is 24.6 Å². The lowest BCUT2D eigenvalue weighted by molar-refractivity contribution is 0.415. The van der Waals surface area contributed by atoms with Gasteiger partial charge in [-0.2, -0.15) is 0 Å². The average molecular weight is 255 g/mol. The number of anilines is 1. The highest BCUT2D eigenvalue weighted by atomic mass is 35.5. The molecule has 0 saturated heterocycles. The van der Waals surface area contributed by atoms with Crippen LogP contribution in [0.15, 0.2) is 17.6 Å². The van der Waals surface area contributed by atoms with Gasteiger partial charge in [0.25, 0.3) is 0 Å². The molecule has 2 aromatic rings. The quantitative estimate of drug-likeness (QED) is 0.894. The van der Waals surface area contributed by atoms with E-state index in [0.717, 1.165) is 16.8 Å². The Hall–Kier alpha value is -1.26. The number of benzene rings is 1. The Labute approximate surface area is 103 Å². The summed E-state index contributed by atoms with van der Waals surface area (Å²) in [7, 11) is 1.59. The molecule has 3 nitrogen and oxygen atoms in total. The van der Waals surface area contributed by atoms with E-state index in [1.54, 1.807) is 12.6 Å². The van der Waals surface area contributed by atoms with Gasteiger partial charge in [-0.3, -0.25) is 0 Å². The van der Waals surface area contributed by atoms with Gasteiger partial charge in [0.15, 0.2) is 0 Å². The SMILES string of the molecule is COc1cc(C)c(-c2ncsc2N)cc1Cl. The predicted octanol–water partition coefficient (Wildman–Crippen LogP) is 3.36. The van der Waals surface area contributed by atoms with Crippen LogP contribution in [0.2, 0.25) is 5.02 Å². The number of halogens is 1. The van der Waals surface area contributed by atoms with Crippen LogP contribution in [0.3, 0.4) is 0 Å². The number of hydrogen-bond donors (Lipinski definition) is 1. The molecule has 0 atom stereocenters. The van der Waals surface area contributed by atoms with E-state index in [1.807, 2.05) is 19.1 Å². The zero-order valence-electron chi connectivity index (χ0n) is 8.95. The van der Waals surface area contributed by atoms with Gasteiger partial charge in [0, 0.05) is 5.56 Å². The first-order valence-corrected chi connectivity index (χ1v) is 5.92. The van der Waals surface area contributed by atoms with Gasteiger partial charge in [0.05, 0.1) is 17.6 Å². The van der Waals surface area contributed by atoms with Crippen molar-refractivity contribution in [2.24, 2.45) is 0 Å². The minimum Gasteiger partial charge on any atom is -0.495 e. The highest BCUT2D eigenvalue weighted by Crippen LogP contribution is 2.36. The molecular weight excluding hydrogens is 244 g/mol. The van der Waals surface area contributed by atoms with Crippen LogP contribution >= 0.6 is 22.9 Å². The Morgan fingerprint density at radius 2 is 2.19 bits per heavy atom. The van der Waals surface area contributed by atoms with Crippen molar-refractivity contribution in [1.82, 2.24) is 4.98 Å². The van der Waals surface area contributed by atoms with Crippen LogP contribution in [-0.4, -0.2) is 12.1 Å². The summed E-state index contributed by atoms with van der Waals surface area (Å²) in [6.07, 6.45) is 0. The number of methoxy groups -OCH3 is 1. The second kappa shape index (κ2) is 4.31. The molecule has 2 rings (SSSR count). The van der Waals surface area contributed by atoms with Crippen molar-refractivity contribution in [3.05, 3.63) is 28.2 Å². The third-order valence-corrected chi connectivity index (χ3v) is 3.30. The van der Waals surface area contributed by atoms with Crippen molar-refractivity contribution >= 4 is 27.9 Å². The van der Waals surface area contributed by atoms with Crippen molar-refractivity contribution in [3.63, 3.8) is 0 Å². The second-order valence-corrected chi connectivity index (χ2v) is 4.66. The van der Waals surface area contributed by atoms with Gasteiger partial charge < -0.3 is 10.5 Å². The summed E-state index contributed by atoms with van der Waals surface area (Å²) in [6.45, 7) is 1.98. The topological polar surface area (TPSA) is 48.1 Å². The Morgan fingerprint density at radius 1 is 1.44 bits per heavy atom. The van der Waals surface area contributed by atoms with Crippen molar-refractivity contribution in [1.29, 1.82) is 0 Å². The standard InChI is InChI=1S/C11H11ClN2OS/c1-6-3-9(15-2)8(12)4-7(6)10-11(13)16-5-14-10/h3-5H,13H2,1-2H3. The van der Waals surface area contributed by atoms with Crippen LogP contribution < -0.4 is 10.5 Å². The molecule has 0 unspecified atom stereocenters. The number of nitrogens with two attached hydrogens (primary N) is 1. The highest BCUT2D eigenvalue weighted by Gasteiger charge is 2.12. The summed E-state index contributed by atoms with van der Waals surface area (Å²) in [5.41, 5.74) is 10.3. The first-order chi connectivity index (χ1) is 7.63. The van der Waals surface area contributed by atoms with Crippen LogP contribution in [0.25, 0.3) is 11.3 Å². The maximum Gasteiger partial charge on any atom is 0.137 e. The Kier molecular flexibility index (Phi) is 3.03. The van der Waals surface area contributed by atoms with Crippen molar-refractivity contribution < 1.29 is 4.74 Å². The zero-order chi connectivity index (χ0) is 11.7. The molecule has 0 spiro atoms. The number of nitrogen functional groups attached to an aromatic ring is 1. The number of nitrogens with zero attached hydrogens (tertiary/aromatic N) is 1. The molecule has 0 bridgehead atoms. The second-order valence-electron chi connectivity index (χ2n) is 3.37. The van der Waals surface area contributed by atoms with E-state index in [0.29, 0.717) is 15.8 Å². The minimum absolute atomic E-state index is 0.565. The molecule has 1 aromatic heterocycles. The van der Waals surface area contributed by atoms with Crippen molar-refractivity contribution in [3.8, 4) is 17.0 Å². The monoisotopic (exact) mass is 254 g/mol. The fourth-order valence-electron chi connectivity index (χ4n) is 1.52. The van der Waals surface area contributed by atoms with E-state index in [1.165, 1.54) is 11.3 Å². The number of aromatic nitrogens is 1. The summed E-state index contributed by atoms with van der Waals surface area (Å²) < 4.78 is 5.15. The van der Waals surface area contributed by atoms with Gasteiger partial charge in [-0.25, -0.2) is 4.98 Å². The number of ether oxygens (including phenoxy) is 1. The highest BCUT2D eigenvalue weighted by molar-refractivity contribution is 7.14. The van der Waals surface area contributed by atoms with Crippen LogP contribution in [0.1, 0.15) is 5.56 Å².